The van der Waals surface area contributed by atoms with Crippen LogP contribution in [-0.4, -0.2) is 44.9 Å². The summed E-state index contributed by atoms with van der Waals surface area (Å²) in [6, 6.07) is 14.1. The molecule has 168 valence electrons. The van der Waals surface area contributed by atoms with Crippen LogP contribution in [-0.2, 0) is 12.8 Å². The van der Waals surface area contributed by atoms with Gasteiger partial charge in [0.25, 0.3) is 5.91 Å². The average Bonchev–Trinajstić information content (AvgIpc) is 3.30. The molecule has 1 aliphatic rings. The number of halogens is 1. The zero-order chi connectivity index (χ0) is 22.8. The highest BCUT2D eigenvalue weighted by molar-refractivity contribution is 7.16. The molecule has 6 nitrogen and oxygen atoms in total. The number of piperidine rings is 1. The highest BCUT2D eigenvalue weighted by atomic mass is 35.5. The Balaban J connectivity index is 1.27. The Labute approximate surface area is 201 Å². The molecule has 1 saturated heterocycles. The Kier molecular flexibility index (Phi) is 6.35. The van der Waals surface area contributed by atoms with Crippen molar-refractivity contribution in [3.8, 4) is 0 Å². The maximum atomic E-state index is 12.7. The molecule has 1 fully saturated rings. The maximum absolute atomic E-state index is 12.7. The van der Waals surface area contributed by atoms with E-state index in [9.17, 15) is 4.79 Å². The van der Waals surface area contributed by atoms with E-state index in [0.29, 0.717) is 29.3 Å². The van der Waals surface area contributed by atoms with Crippen LogP contribution < -0.4 is 5.73 Å². The Morgan fingerprint density at radius 3 is 2.61 bits per heavy atom. The van der Waals surface area contributed by atoms with Crippen molar-refractivity contribution in [2.24, 2.45) is 5.73 Å². The summed E-state index contributed by atoms with van der Waals surface area (Å²) in [6.07, 6.45) is 4.60. The largest absolute Gasteiger partial charge is 0.339 e. The minimum Gasteiger partial charge on any atom is -0.339 e. The molecule has 0 bridgehead atoms. The third-order valence-electron chi connectivity index (χ3n) is 6.02. The predicted molar refractivity (Wildman–Crippen MR) is 132 cm³/mol. The lowest BCUT2D eigenvalue weighted by atomic mass is 10.0. The van der Waals surface area contributed by atoms with Crippen molar-refractivity contribution in [2.45, 2.75) is 31.7 Å². The van der Waals surface area contributed by atoms with Crippen molar-refractivity contribution < 1.29 is 4.79 Å². The van der Waals surface area contributed by atoms with Crippen LogP contribution in [0.2, 0.25) is 5.02 Å². The third kappa shape index (κ3) is 5.05. The molecule has 0 spiro atoms. The van der Waals surface area contributed by atoms with Gasteiger partial charge < -0.3 is 10.6 Å². The number of hydrogen-bond donors (Lipinski definition) is 1. The quantitative estimate of drug-likeness (QED) is 0.458. The molecular weight excluding hydrogens is 454 g/mol. The van der Waals surface area contributed by atoms with Gasteiger partial charge in [0.05, 0.1) is 26.4 Å². The van der Waals surface area contributed by atoms with E-state index in [1.165, 1.54) is 0 Å². The number of benzene rings is 2. The fraction of sp³-hybridized carbons (Fsp3) is 0.280. The van der Waals surface area contributed by atoms with E-state index >= 15 is 0 Å². The molecule has 1 aliphatic heterocycles. The van der Waals surface area contributed by atoms with E-state index in [0.717, 1.165) is 53.0 Å². The SMILES string of the molecule is NC1CCN(C(=O)c2ccc(Cc3ncc(Cl)c(Cc4ccc5ncsc5c4)n3)cc2)CC1. The molecule has 5 rings (SSSR count). The monoisotopic (exact) mass is 477 g/mol. The highest BCUT2D eigenvalue weighted by Crippen LogP contribution is 2.23. The zero-order valence-electron chi connectivity index (χ0n) is 18.1. The van der Waals surface area contributed by atoms with Crippen LogP contribution in [0.3, 0.4) is 0 Å². The van der Waals surface area contributed by atoms with Gasteiger partial charge in [-0.05, 0) is 48.2 Å². The molecule has 4 aromatic rings. The van der Waals surface area contributed by atoms with Gasteiger partial charge in [-0.15, -0.1) is 11.3 Å². The van der Waals surface area contributed by atoms with Crippen molar-refractivity contribution in [1.29, 1.82) is 0 Å². The minimum atomic E-state index is 0.0661. The summed E-state index contributed by atoms with van der Waals surface area (Å²) in [5.41, 5.74) is 12.5. The average molecular weight is 478 g/mol. The first-order valence-electron chi connectivity index (χ1n) is 11.0. The maximum Gasteiger partial charge on any atom is 0.253 e. The molecule has 2 N–H and O–H groups in total. The van der Waals surface area contributed by atoms with Crippen molar-refractivity contribution >= 4 is 39.1 Å². The topological polar surface area (TPSA) is 85.0 Å². The molecule has 0 atom stereocenters. The first-order valence-corrected chi connectivity index (χ1v) is 12.3. The number of thiazole rings is 1. The van der Waals surface area contributed by atoms with Crippen molar-refractivity contribution in [1.82, 2.24) is 19.9 Å². The van der Waals surface area contributed by atoms with Crippen molar-refractivity contribution in [3.05, 3.63) is 87.4 Å². The van der Waals surface area contributed by atoms with E-state index in [-0.39, 0.29) is 11.9 Å². The van der Waals surface area contributed by atoms with Gasteiger partial charge in [-0.25, -0.2) is 15.0 Å². The normalized spacial score (nSPS) is 14.7. The van der Waals surface area contributed by atoms with Crippen LogP contribution in [0, 0.1) is 0 Å². The van der Waals surface area contributed by atoms with Gasteiger partial charge >= 0.3 is 0 Å². The fourth-order valence-electron chi connectivity index (χ4n) is 4.09. The second-order valence-corrected chi connectivity index (χ2v) is 9.71. The van der Waals surface area contributed by atoms with Gasteiger partial charge in [0, 0.05) is 43.7 Å². The Morgan fingerprint density at radius 2 is 1.82 bits per heavy atom. The van der Waals surface area contributed by atoms with Crippen LogP contribution >= 0.6 is 22.9 Å². The summed E-state index contributed by atoms with van der Waals surface area (Å²) >= 11 is 8.02. The number of hydrogen-bond acceptors (Lipinski definition) is 6. The highest BCUT2D eigenvalue weighted by Gasteiger charge is 2.21. The van der Waals surface area contributed by atoms with Crippen LogP contribution in [0.5, 0.6) is 0 Å². The summed E-state index contributed by atoms with van der Waals surface area (Å²) in [7, 11) is 0. The molecule has 2 aromatic carbocycles. The Morgan fingerprint density at radius 1 is 1.06 bits per heavy atom. The molecule has 0 aliphatic carbocycles. The summed E-state index contributed by atoms with van der Waals surface area (Å²) in [6.45, 7) is 1.44. The van der Waals surface area contributed by atoms with Gasteiger partial charge in [-0.3, -0.25) is 4.79 Å². The Hall–Kier alpha value is -2.87. The van der Waals surface area contributed by atoms with Crippen molar-refractivity contribution in [3.63, 3.8) is 0 Å². The first-order chi connectivity index (χ1) is 16.0. The number of carbonyl (C=O) groups is 1. The van der Waals surface area contributed by atoms with Gasteiger partial charge in [0.1, 0.15) is 5.82 Å². The van der Waals surface area contributed by atoms with Gasteiger partial charge in [-0.2, -0.15) is 0 Å². The second kappa shape index (κ2) is 9.55. The summed E-state index contributed by atoms with van der Waals surface area (Å²) in [5.74, 6) is 0.772. The minimum absolute atomic E-state index is 0.0661. The van der Waals surface area contributed by atoms with Crippen LogP contribution in [0.25, 0.3) is 10.2 Å². The molecule has 33 heavy (non-hydrogen) atoms. The lowest BCUT2D eigenvalue weighted by Gasteiger charge is -2.30. The van der Waals surface area contributed by atoms with Crippen LogP contribution in [0.15, 0.2) is 54.2 Å². The molecular formula is C25H24ClN5OS. The standard InChI is InChI=1S/C25H24ClN5OS/c26-20-14-28-24(30-22(20)11-17-3-6-21-23(12-17)33-15-29-21)13-16-1-4-18(5-2-16)25(32)31-9-7-19(27)8-10-31/h1-6,12,14-15,19H,7-11,13,27H2. The van der Waals surface area contributed by atoms with Crippen LogP contribution in [0.4, 0.5) is 0 Å². The Bertz CT molecular complexity index is 1280. The lowest BCUT2D eigenvalue weighted by molar-refractivity contribution is 0.0714. The number of aromatic nitrogens is 3. The van der Waals surface area contributed by atoms with Gasteiger partial charge in [0.2, 0.25) is 0 Å². The van der Waals surface area contributed by atoms with E-state index in [2.05, 4.69) is 22.1 Å². The summed E-state index contributed by atoms with van der Waals surface area (Å²) < 4.78 is 1.15. The molecule has 1 amide bonds. The number of carbonyl (C=O) groups excluding carboxylic acids is 1. The fourth-order valence-corrected chi connectivity index (χ4v) is 4.99. The molecule has 8 heteroatoms. The van der Waals surface area contributed by atoms with E-state index in [1.54, 1.807) is 17.5 Å². The molecule has 0 saturated carbocycles. The van der Waals surface area contributed by atoms with Gasteiger partial charge in [0.15, 0.2) is 0 Å². The lowest BCUT2D eigenvalue weighted by Crippen LogP contribution is -2.42. The predicted octanol–water partition coefficient (Wildman–Crippen LogP) is 4.48. The van der Waals surface area contributed by atoms with E-state index in [1.807, 2.05) is 40.7 Å². The van der Waals surface area contributed by atoms with E-state index in [4.69, 9.17) is 22.3 Å². The molecule has 2 aromatic heterocycles. The first kappa shape index (κ1) is 21.9. The molecule has 0 unspecified atom stereocenters. The number of likely N-dealkylation sites (tertiary alicyclic amines) is 1. The number of rotatable bonds is 5. The number of nitrogens with zero attached hydrogens (tertiary/aromatic N) is 4. The van der Waals surface area contributed by atoms with E-state index < -0.39 is 0 Å². The summed E-state index contributed by atoms with van der Waals surface area (Å²) in [5, 5.41) is 0.561. The van der Waals surface area contributed by atoms with Crippen LogP contribution in [0.1, 0.15) is 45.8 Å². The molecule has 3 heterocycles. The molecule has 0 radical (unpaired) electrons. The van der Waals surface area contributed by atoms with Gasteiger partial charge in [-0.1, -0.05) is 29.8 Å². The smallest absolute Gasteiger partial charge is 0.253 e. The number of nitrogens with two attached hydrogens (primary N) is 1. The summed E-state index contributed by atoms with van der Waals surface area (Å²) in [4.78, 5) is 28.1. The van der Waals surface area contributed by atoms with Crippen molar-refractivity contribution in [2.75, 3.05) is 13.1 Å². The number of amides is 1. The zero-order valence-corrected chi connectivity index (χ0v) is 19.6. The number of fused-ring (bicyclic) bond motifs is 1. The second-order valence-electron chi connectivity index (χ2n) is 8.42. The third-order valence-corrected chi connectivity index (χ3v) is 7.13.